The molecule has 8 rings (SSSR count). The summed E-state index contributed by atoms with van der Waals surface area (Å²) in [5, 5.41) is 15.4. The van der Waals surface area contributed by atoms with Crippen molar-refractivity contribution in [3.63, 3.8) is 0 Å². The van der Waals surface area contributed by atoms with Gasteiger partial charge in [0.25, 0.3) is 0 Å². The van der Waals surface area contributed by atoms with Crippen molar-refractivity contribution in [3.8, 4) is 0 Å². The van der Waals surface area contributed by atoms with E-state index >= 15 is 0 Å². The van der Waals surface area contributed by atoms with Crippen molar-refractivity contribution >= 4 is 76.8 Å². The van der Waals surface area contributed by atoms with Gasteiger partial charge in [0.05, 0.1) is 0 Å². The molecular formula is C38H24. The molecular weight excluding hydrogens is 456 g/mol. The maximum absolute atomic E-state index is 2.32. The molecule has 0 unspecified atom stereocenters. The van der Waals surface area contributed by atoms with Crippen molar-refractivity contribution in [2.24, 2.45) is 0 Å². The number of fused-ring (bicyclic) bond motifs is 6. The Hall–Kier alpha value is -4.94. The Morgan fingerprint density at radius 1 is 0.237 bits per heavy atom. The second kappa shape index (κ2) is 8.30. The molecule has 0 aliphatic heterocycles. The van der Waals surface area contributed by atoms with Gasteiger partial charge in [0.2, 0.25) is 0 Å². The minimum atomic E-state index is 1.21. The van der Waals surface area contributed by atoms with Crippen molar-refractivity contribution in [1.29, 1.82) is 0 Å². The summed E-state index contributed by atoms with van der Waals surface area (Å²) in [4.78, 5) is 0. The maximum Gasteiger partial charge on any atom is -0.0171 e. The summed E-state index contributed by atoms with van der Waals surface area (Å²) in [6, 6.07) is 49.1. The summed E-state index contributed by atoms with van der Waals surface area (Å²) >= 11 is 0. The molecule has 0 aromatic heterocycles. The van der Waals surface area contributed by atoms with Gasteiger partial charge >= 0.3 is 0 Å². The molecule has 0 spiro atoms. The highest BCUT2D eigenvalue weighted by Crippen LogP contribution is 2.30. The summed E-state index contributed by atoms with van der Waals surface area (Å²) < 4.78 is 0. The molecule has 0 aliphatic carbocycles. The van der Waals surface area contributed by atoms with E-state index in [0.29, 0.717) is 0 Å². The zero-order valence-electron chi connectivity index (χ0n) is 20.9. The van der Waals surface area contributed by atoms with E-state index in [0.717, 1.165) is 0 Å². The van der Waals surface area contributed by atoms with E-state index in [1.807, 2.05) is 0 Å². The predicted octanol–water partition coefficient (Wildman–Crippen LogP) is 10.8. The fraction of sp³-hybridized carbons (Fsp3) is 0. The lowest BCUT2D eigenvalue weighted by atomic mass is 9.98. The van der Waals surface area contributed by atoms with Crippen LogP contribution in [0.1, 0.15) is 11.1 Å². The summed E-state index contributed by atoms with van der Waals surface area (Å²) in [6.07, 6.45) is 4.44. The van der Waals surface area contributed by atoms with E-state index in [-0.39, 0.29) is 0 Å². The fourth-order valence-corrected chi connectivity index (χ4v) is 5.82. The van der Waals surface area contributed by atoms with Crippen LogP contribution < -0.4 is 0 Å². The first-order valence-electron chi connectivity index (χ1n) is 13.2. The Morgan fingerprint density at radius 2 is 0.500 bits per heavy atom. The molecule has 8 aromatic carbocycles. The van der Waals surface area contributed by atoms with Crippen LogP contribution in [0.2, 0.25) is 0 Å². The second-order valence-electron chi connectivity index (χ2n) is 10.3. The van der Waals surface area contributed by atoms with Crippen LogP contribution in [0.25, 0.3) is 76.8 Å². The van der Waals surface area contributed by atoms with Crippen LogP contribution in [0, 0.1) is 0 Å². The lowest BCUT2D eigenvalue weighted by Gasteiger charge is -2.07. The first-order chi connectivity index (χ1) is 18.7. The molecule has 176 valence electrons. The van der Waals surface area contributed by atoms with Crippen LogP contribution in [0.4, 0.5) is 0 Å². The molecule has 0 saturated heterocycles. The lowest BCUT2D eigenvalue weighted by molar-refractivity contribution is 1.71. The molecule has 0 radical (unpaired) electrons. The van der Waals surface area contributed by atoms with Gasteiger partial charge < -0.3 is 0 Å². The average Bonchev–Trinajstić information content (AvgIpc) is 2.95. The summed E-state index contributed by atoms with van der Waals surface area (Å²) in [6.45, 7) is 0. The SMILES string of the molecule is C(=C\c1ccc2cc3cc4ccccc4cc3cc2c1)/c1ccc2cc3cc4ccccc4cc3cc2c1. The molecule has 0 amide bonds. The van der Waals surface area contributed by atoms with Gasteiger partial charge in [-0.3, -0.25) is 0 Å². The Bertz CT molecular complexity index is 2070. The molecule has 0 N–H and O–H groups in total. The molecule has 0 bridgehead atoms. The minimum Gasteiger partial charge on any atom is -0.0616 e. The van der Waals surface area contributed by atoms with E-state index in [1.54, 1.807) is 0 Å². The van der Waals surface area contributed by atoms with Crippen LogP contribution >= 0.6 is 0 Å². The van der Waals surface area contributed by atoms with Gasteiger partial charge in [-0.15, -0.1) is 0 Å². The third-order valence-corrected chi connectivity index (χ3v) is 7.84. The van der Waals surface area contributed by atoms with E-state index in [9.17, 15) is 0 Å². The number of hydrogen-bond acceptors (Lipinski definition) is 0. The highest BCUT2D eigenvalue weighted by atomic mass is 14.1. The quantitative estimate of drug-likeness (QED) is 0.170. The van der Waals surface area contributed by atoms with Gasteiger partial charge in [0.1, 0.15) is 0 Å². The van der Waals surface area contributed by atoms with Crippen molar-refractivity contribution in [1.82, 2.24) is 0 Å². The van der Waals surface area contributed by atoms with Crippen LogP contribution in [-0.4, -0.2) is 0 Å². The molecule has 0 aliphatic rings. The summed E-state index contributed by atoms with van der Waals surface area (Å²) in [5.74, 6) is 0. The smallest absolute Gasteiger partial charge is 0.0171 e. The number of benzene rings is 8. The standard InChI is InChI=1S/C38H24/c1-3-7-29-19-37-23-33-15-25(11-13-31(33)21-35(37)17-27(29)5-1)9-10-26-12-14-32-22-36-18-28-6-2-4-8-30(28)20-38(36)24-34(32)16-26/h1-24H/b10-9+. The van der Waals surface area contributed by atoms with Gasteiger partial charge in [-0.1, -0.05) is 84.9 Å². The number of rotatable bonds is 2. The molecule has 0 heterocycles. The Kier molecular flexibility index (Phi) is 4.62. The monoisotopic (exact) mass is 480 g/mol. The van der Waals surface area contributed by atoms with Gasteiger partial charge in [0.15, 0.2) is 0 Å². The summed E-state index contributed by atoms with van der Waals surface area (Å²) in [5.41, 5.74) is 2.42. The van der Waals surface area contributed by atoms with E-state index in [1.165, 1.54) is 75.8 Å². The fourth-order valence-electron chi connectivity index (χ4n) is 5.82. The molecule has 0 fully saturated rings. The van der Waals surface area contributed by atoms with Gasteiger partial charge in [0, 0.05) is 0 Å². The highest BCUT2D eigenvalue weighted by molar-refractivity contribution is 6.06. The molecule has 8 aromatic rings. The first kappa shape index (κ1) is 21.2. The third kappa shape index (κ3) is 3.62. The molecule has 0 saturated carbocycles. The molecule has 0 heteroatoms. The molecule has 0 atom stereocenters. The predicted molar refractivity (Wildman–Crippen MR) is 167 cm³/mol. The zero-order valence-corrected chi connectivity index (χ0v) is 20.9. The maximum atomic E-state index is 2.32. The second-order valence-corrected chi connectivity index (χ2v) is 10.3. The lowest BCUT2D eigenvalue weighted by Crippen LogP contribution is -1.81. The third-order valence-electron chi connectivity index (χ3n) is 7.84. The Labute approximate surface area is 221 Å². The first-order valence-corrected chi connectivity index (χ1v) is 13.2. The van der Waals surface area contributed by atoms with Crippen molar-refractivity contribution in [3.05, 3.63) is 145 Å². The van der Waals surface area contributed by atoms with Crippen LogP contribution in [0.15, 0.2) is 133 Å². The largest absolute Gasteiger partial charge is 0.0616 e. The normalized spacial score (nSPS) is 12.1. The Morgan fingerprint density at radius 3 is 0.842 bits per heavy atom. The van der Waals surface area contributed by atoms with E-state index in [2.05, 4.69) is 146 Å². The van der Waals surface area contributed by atoms with Crippen LogP contribution in [0.5, 0.6) is 0 Å². The molecule has 38 heavy (non-hydrogen) atoms. The summed E-state index contributed by atoms with van der Waals surface area (Å²) in [7, 11) is 0. The zero-order chi connectivity index (χ0) is 25.1. The Balaban J connectivity index is 1.16. The number of hydrogen-bond donors (Lipinski definition) is 0. The minimum absolute atomic E-state index is 1.21. The van der Waals surface area contributed by atoms with E-state index < -0.39 is 0 Å². The molecule has 0 nitrogen and oxygen atoms in total. The van der Waals surface area contributed by atoms with Crippen molar-refractivity contribution in [2.45, 2.75) is 0 Å². The van der Waals surface area contributed by atoms with Crippen molar-refractivity contribution < 1.29 is 0 Å². The van der Waals surface area contributed by atoms with Crippen molar-refractivity contribution in [2.75, 3.05) is 0 Å². The highest BCUT2D eigenvalue weighted by Gasteiger charge is 2.04. The van der Waals surface area contributed by atoms with Crippen LogP contribution in [-0.2, 0) is 0 Å². The van der Waals surface area contributed by atoms with Gasteiger partial charge in [-0.05, 0) is 136 Å². The average molecular weight is 481 g/mol. The van der Waals surface area contributed by atoms with Gasteiger partial charge in [-0.2, -0.15) is 0 Å². The topological polar surface area (TPSA) is 0 Å². The van der Waals surface area contributed by atoms with E-state index in [4.69, 9.17) is 0 Å². The van der Waals surface area contributed by atoms with Crippen LogP contribution in [0.3, 0.4) is 0 Å². The van der Waals surface area contributed by atoms with Gasteiger partial charge in [-0.25, -0.2) is 0 Å².